The number of piperazine rings is 2. The van der Waals surface area contributed by atoms with Crippen molar-refractivity contribution >= 4 is 0 Å². The second-order valence-corrected chi connectivity index (χ2v) is 16.5. The summed E-state index contributed by atoms with van der Waals surface area (Å²) in [6.07, 6.45) is 29.0. The highest BCUT2D eigenvalue weighted by molar-refractivity contribution is 5.08. The zero-order valence-corrected chi connectivity index (χ0v) is 26.2. The second-order valence-electron chi connectivity index (χ2n) is 16.5. The van der Waals surface area contributed by atoms with Crippen LogP contribution in [0, 0.1) is 35.5 Å². The van der Waals surface area contributed by atoms with Gasteiger partial charge in [0.1, 0.15) is 0 Å². The van der Waals surface area contributed by atoms with Crippen LogP contribution in [0.3, 0.4) is 0 Å². The van der Waals surface area contributed by atoms with Crippen LogP contribution in [0.25, 0.3) is 0 Å². The van der Waals surface area contributed by atoms with Crippen LogP contribution in [0.5, 0.6) is 0 Å². The Kier molecular flexibility index (Phi) is 9.17. The zero-order valence-electron chi connectivity index (χ0n) is 26.2. The molecule has 2 heterocycles. The van der Waals surface area contributed by atoms with Crippen molar-refractivity contribution in [2.24, 2.45) is 35.5 Å². The molecule has 5 saturated carbocycles. The molecule has 228 valence electrons. The number of rotatable bonds is 4. The van der Waals surface area contributed by atoms with E-state index in [-0.39, 0.29) is 0 Å². The minimum absolute atomic E-state index is 0.717. The molecule has 7 aliphatic rings. The minimum atomic E-state index is 0.717. The van der Waals surface area contributed by atoms with Gasteiger partial charge >= 0.3 is 0 Å². The van der Waals surface area contributed by atoms with Crippen molar-refractivity contribution in [2.75, 3.05) is 0 Å². The van der Waals surface area contributed by atoms with Gasteiger partial charge in [0, 0.05) is 48.3 Å². The quantitative estimate of drug-likeness (QED) is 0.306. The van der Waals surface area contributed by atoms with Crippen LogP contribution in [-0.2, 0) is 0 Å². The molecular formula is C36H64N4. The molecular weight excluding hydrogens is 488 g/mol. The Balaban J connectivity index is 1.04. The number of hydrogen-bond donors (Lipinski definition) is 4. The molecule has 4 nitrogen and oxygen atoms in total. The summed E-state index contributed by atoms with van der Waals surface area (Å²) in [7, 11) is 0. The van der Waals surface area contributed by atoms with E-state index < -0.39 is 0 Å². The first-order valence-electron chi connectivity index (χ1n) is 18.7. The fraction of sp³-hybridized carbons (Fsp3) is 1.00. The van der Waals surface area contributed by atoms with Crippen LogP contribution < -0.4 is 21.3 Å². The summed E-state index contributed by atoms with van der Waals surface area (Å²) in [4.78, 5) is 0. The van der Waals surface area contributed by atoms with Gasteiger partial charge in [-0.25, -0.2) is 0 Å². The van der Waals surface area contributed by atoms with Crippen LogP contribution in [-0.4, -0.2) is 48.3 Å². The van der Waals surface area contributed by atoms with E-state index in [0.29, 0.717) is 0 Å². The molecule has 10 unspecified atom stereocenters. The van der Waals surface area contributed by atoms with Crippen molar-refractivity contribution in [3.63, 3.8) is 0 Å². The Hall–Kier alpha value is -0.160. The highest BCUT2D eigenvalue weighted by Crippen LogP contribution is 2.43. The lowest BCUT2D eigenvalue weighted by Crippen LogP contribution is -2.71. The van der Waals surface area contributed by atoms with E-state index in [4.69, 9.17) is 0 Å². The second kappa shape index (κ2) is 12.8. The van der Waals surface area contributed by atoms with Crippen molar-refractivity contribution in [1.29, 1.82) is 0 Å². The van der Waals surface area contributed by atoms with Crippen molar-refractivity contribution in [3.05, 3.63) is 0 Å². The van der Waals surface area contributed by atoms with Gasteiger partial charge in [-0.05, 0) is 125 Å². The smallest absolute Gasteiger partial charge is 0.0255 e. The molecule has 4 heteroatoms. The average Bonchev–Trinajstić information content (AvgIpc) is 3.00. The van der Waals surface area contributed by atoms with Crippen molar-refractivity contribution in [2.45, 2.75) is 191 Å². The molecule has 0 aromatic rings. The van der Waals surface area contributed by atoms with E-state index in [1.54, 1.807) is 0 Å². The van der Waals surface area contributed by atoms with Crippen molar-refractivity contribution in [1.82, 2.24) is 21.3 Å². The first kappa shape index (κ1) is 28.6. The molecule has 0 aromatic heterocycles. The van der Waals surface area contributed by atoms with E-state index in [0.717, 1.165) is 83.8 Å². The monoisotopic (exact) mass is 553 g/mol. The van der Waals surface area contributed by atoms with Gasteiger partial charge in [0.05, 0.1) is 0 Å². The number of nitrogens with one attached hydrogen (secondary N) is 4. The third-order valence-electron chi connectivity index (χ3n) is 13.8. The van der Waals surface area contributed by atoms with E-state index in [9.17, 15) is 0 Å². The normalized spacial score (nSPS) is 49.6. The number of hydrogen-bond acceptors (Lipinski definition) is 4. The fourth-order valence-corrected chi connectivity index (χ4v) is 11.5. The molecule has 0 aromatic carbocycles. The third kappa shape index (κ3) is 6.09. The third-order valence-corrected chi connectivity index (χ3v) is 13.8. The Bertz CT molecular complexity index is 731. The summed E-state index contributed by atoms with van der Waals surface area (Å²) in [5.74, 6) is 5.37. The highest BCUT2D eigenvalue weighted by atomic mass is 15.2. The van der Waals surface area contributed by atoms with Crippen LogP contribution >= 0.6 is 0 Å². The zero-order chi connectivity index (χ0) is 27.1. The van der Waals surface area contributed by atoms with Gasteiger partial charge < -0.3 is 21.3 Å². The largest absolute Gasteiger partial charge is 0.308 e. The lowest BCUT2D eigenvalue weighted by atomic mass is 9.66. The highest BCUT2D eigenvalue weighted by Gasteiger charge is 2.48. The Morgan fingerprint density at radius 1 is 0.325 bits per heavy atom. The van der Waals surface area contributed by atoms with E-state index in [1.807, 2.05) is 0 Å². The predicted molar refractivity (Wildman–Crippen MR) is 167 cm³/mol. The summed E-state index contributed by atoms with van der Waals surface area (Å²) < 4.78 is 0. The molecule has 0 radical (unpaired) electrons. The summed E-state index contributed by atoms with van der Waals surface area (Å²) >= 11 is 0. The van der Waals surface area contributed by atoms with Crippen LogP contribution in [0.1, 0.15) is 142 Å². The standard InChI is InChI=1S/C36H64N4/c1-23-13-19-29-31(21-23)39-33(25-9-5-3-6-10-25)35(37-29)27-15-17-28(18-16-27)36-34(26-11-7-4-8-12-26)40-32-22-24(2)14-20-30(32)38-36/h23-40H,3-22H2,1-2H3. The lowest BCUT2D eigenvalue weighted by molar-refractivity contribution is 0.0390. The molecule has 0 spiro atoms. The van der Waals surface area contributed by atoms with Gasteiger partial charge in [-0.2, -0.15) is 0 Å². The van der Waals surface area contributed by atoms with Gasteiger partial charge in [-0.15, -0.1) is 0 Å². The maximum Gasteiger partial charge on any atom is 0.0255 e. The van der Waals surface area contributed by atoms with Gasteiger partial charge in [-0.1, -0.05) is 52.4 Å². The maximum absolute atomic E-state index is 4.40. The Labute approximate surface area is 247 Å². The van der Waals surface area contributed by atoms with Crippen LogP contribution in [0.15, 0.2) is 0 Å². The average molecular weight is 553 g/mol. The molecule has 10 atom stereocenters. The van der Waals surface area contributed by atoms with E-state index in [2.05, 4.69) is 35.1 Å². The molecule has 2 saturated heterocycles. The molecule has 0 bridgehead atoms. The number of fused-ring (bicyclic) bond motifs is 2. The molecule has 7 fully saturated rings. The maximum atomic E-state index is 4.40. The topological polar surface area (TPSA) is 48.1 Å². The first-order valence-corrected chi connectivity index (χ1v) is 18.7. The molecule has 4 N–H and O–H groups in total. The summed E-state index contributed by atoms with van der Waals surface area (Å²) in [6.45, 7) is 4.98. The Morgan fingerprint density at radius 3 is 1.02 bits per heavy atom. The minimum Gasteiger partial charge on any atom is -0.308 e. The summed E-state index contributed by atoms with van der Waals surface area (Å²) in [5.41, 5.74) is 0. The van der Waals surface area contributed by atoms with Crippen molar-refractivity contribution in [3.8, 4) is 0 Å². The lowest BCUT2D eigenvalue weighted by Gasteiger charge is -2.55. The van der Waals surface area contributed by atoms with E-state index in [1.165, 1.54) is 128 Å². The van der Waals surface area contributed by atoms with Gasteiger partial charge in [0.2, 0.25) is 0 Å². The van der Waals surface area contributed by atoms with Crippen LogP contribution in [0.2, 0.25) is 0 Å². The van der Waals surface area contributed by atoms with Gasteiger partial charge in [0.25, 0.3) is 0 Å². The SMILES string of the molecule is CC1CCC2NC(C3CCC(C4NC5CCC(C)CC5NC4C4CCCCC4)CC3)C(C3CCCCC3)NC2C1. The van der Waals surface area contributed by atoms with Crippen LogP contribution in [0.4, 0.5) is 0 Å². The summed E-state index contributed by atoms with van der Waals surface area (Å²) in [6, 6.07) is 5.79. The molecule has 0 amide bonds. The molecule has 2 aliphatic heterocycles. The molecule has 7 rings (SSSR count). The molecule has 5 aliphatic carbocycles. The summed E-state index contributed by atoms with van der Waals surface area (Å²) in [5, 5.41) is 17.6. The fourth-order valence-electron chi connectivity index (χ4n) is 11.5. The van der Waals surface area contributed by atoms with E-state index >= 15 is 0 Å². The van der Waals surface area contributed by atoms with Gasteiger partial charge in [-0.3, -0.25) is 0 Å². The van der Waals surface area contributed by atoms with Crippen molar-refractivity contribution < 1.29 is 0 Å². The first-order chi connectivity index (χ1) is 19.6. The predicted octanol–water partition coefficient (Wildman–Crippen LogP) is 6.93. The Morgan fingerprint density at radius 2 is 0.650 bits per heavy atom. The molecule has 40 heavy (non-hydrogen) atoms. The van der Waals surface area contributed by atoms with Gasteiger partial charge in [0.15, 0.2) is 0 Å².